The van der Waals surface area contributed by atoms with Gasteiger partial charge in [-0.3, -0.25) is 9.48 Å². The minimum Gasteiger partial charge on any atom is -0.479 e. The highest BCUT2D eigenvalue weighted by Crippen LogP contribution is 2.12. The molecule has 0 aliphatic carbocycles. The lowest BCUT2D eigenvalue weighted by Crippen LogP contribution is -2.32. The summed E-state index contributed by atoms with van der Waals surface area (Å²) in [5, 5.41) is 15.6. The van der Waals surface area contributed by atoms with E-state index in [1.807, 2.05) is 0 Å². The van der Waals surface area contributed by atoms with Crippen LogP contribution in [0.5, 0.6) is 0 Å². The number of nitrogens with zero attached hydrogens (tertiary/aromatic N) is 2. The molecule has 6 nitrogen and oxygen atoms in total. The highest BCUT2D eigenvalue weighted by Gasteiger charge is 2.20. The zero-order valence-electron chi connectivity index (χ0n) is 11.4. The first-order valence-corrected chi connectivity index (χ1v) is 6.31. The normalized spacial score (nSPS) is 12.2. The molecule has 0 spiro atoms. The van der Waals surface area contributed by atoms with Crippen LogP contribution in [0.4, 0.5) is 0 Å². The second-order valence-corrected chi connectivity index (χ2v) is 4.47. The minimum absolute atomic E-state index is 0.477. The van der Waals surface area contributed by atoms with Crippen molar-refractivity contribution in [3.63, 3.8) is 0 Å². The zero-order valence-corrected chi connectivity index (χ0v) is 11.4. The molecule has 2 rings (SSSR count). The summed E-state index contributed by atoms with van der Waals surface area (Å²) in [6.45, 7) is 0. The van der Waals surface area contributed by atoms with E-state index in [1.165, 1.54) is 6.08 Å². The molecule has 108 valence electrons. The van der Waals surface area contributed by atoms with E-state index in [-0.39, 0.29) is 0 Å². The highest BCUT2D eigenvalue weighted by molar-refractivity contribution is 5.94. The molecule has 0 bridgehead atoms. The highest BCUT2D eigenvalue weighted by atomic mass is 16.4. The fraction of sp³-hybridized carbons (Fsp3) is 0.133. The summed E-state index contributed by atoms with van der Waals surface area (Å²) in [4.78, 5) is 23.1. The number of hydrogen-bond acceptors (Lipinski definition) is 3. The molecule has 0 aliphatic heterocycles. The fourth-order valence-electron chi connectivity index (χ4n) is 1.82. The summed E-state index contributed by atoms with van der Waals surface area (Å²) in [5.74, 6) is -1.58. The maximum Gasteiger partial charge on any atom is 0.330 e. The molecule has 1 aromatic heterocycles. The number of hydrogen-bond donors (Lipinski definition) is 2. The van der Waals surface area contributed by atoms with Gasteiger partial charge in [0.05, 0.1) is 6.20 Å². The van der Waals surface area contributed by atoms with Crippen LogP contribution < -0.4 is 5.32 Å². The van der Waals surface area contributed by atoms with Crippen LogP contribution in [0, 0.1) is 0 Å². The largest absolute Gasteiger partial charge is 0.479 e. The number of carboxylic acids is 1. The third-order valence-corrected chi connectivity index (χ3v) is 2.82. The van der Waals surface area contributed by atoms with E-state index in [9.17, 15) is 14.7 Å². The van der Waals surface area contributed by atoms with E-state index in [0.717, 1.165) is 5.56 Å². The number of carbonyl (C=O) groups excluding carboxylic acids is 1. The van der Waals surface area contributed by atoms with Crippen LogP contribution in [0.2, 0.25) is 0 Å². The SMILES string of the molecule is Cn1cc(/C=C/C(=O)N[C@H](C(=O)O)c2ccccc2)cn1. The Morgan fingerprint density at radius 1 is 1.33 bits per heavy atom. The molecule has 0 fully saturated rings. The van der Waals surface area contributed by atoms with Gasteiger partial charge in [0.15, 0.2) is 6.04 Å². The summed E-state index contributed by atoms with van der Waals surface area (Å²) in [7, 11) is 1.77. The minimum atomic E-state index is -1.11. The van der Waals surface area contributed by atoms with Crippen molar-refractivity contribution in [3.05, 3.63) is 59.9 Å². The van der Waals surface area contributed by atoms with E-state index in [0.29, 0.717) is 5.56 Å². The molecule has 2 N–H and O–H groups in total. The van der Waals surface area contributed by atoms with Crippen LogP contribution in [-0.2, 0) is 16.6 Å². The number of benzene rings is 1. The molecule has 1 aromatic carbocycles. The Kier molecular flexibility index (Phi) is 4.50. The maximum atomic E-state index is 11.8. The van der Waals surface area contributed by atoms with Crippen LogP contribution >= 0.6 is 0 Å². The Hall–Kier alpha value is -2.89. The number of aliphatic carboxylic acids is 1. The molecule has 0 aliphatic rings. The molecule has 1 amide bonds. The van der Waals surface area contributed by atoms with Crippen LogP contribution in [0.25, 0.3) is 6.08 Å². The first kappa shape index (κ1) is 14.5. The average Bonchev–Trinajstić information content (AvgIpc) is 2.89. The molecular formula is C15H15N3O3. The van der Waals surface area contributed by atoms with Gasteiger partial charge in [-0.05, 0) is 11.6 Å². The number of nitrogens with one attached hydrogen (secondary N) is 1. The number of carbonyl (C=O) groups is 2. The van der Waals surface area contributed by atoms with Crippen LogP contribution in [-0.4, -0.2) is 26.8 Å². The van der Waals surface area contributed by atoms with E-state index in [4.69, 9.17) is 0 Å². The molecule has 21 heavy (non-hydrogen) atoms. The second-order valence-electron chi connectivity index (χ2n) is 4.47. The van der Waals surface area contributed by atoms with Crippen molar-refractivity contribution in [1.82, 2.24) is 15.1 Å². The van der Waals surface area contributed by atoms with Crippen molar-refractivity contribution in [3.8, 4) is 0 Å². The van der Waals surface area contributed by atoms with Crippen molar-refractivity contribution in [1.29, 1.82) is 0 Å². The van der Waals surface area contributed by atoms with Crippen molar-refractivity contribution in [2.45, 2.75) is 6.04 Å². The van der Waals surface area contributed by atoms with Gasteiger partial charge >= 0.3 is 5.97 Å². The number of carboxylic acid groups (broad SMARTS) is 1. The van der Waals surface area contributed by atoms with Gasteiger partial charge < -0.3 is 10.4 Å². The molecule has 0 saturated carbocycles. The fourth-order valence-corrected chi connectivity index (χ4v) is 1.82. The van der Waals surface area contributed by atoms with Gasteiger partial charge in [0.25, 0.3) is 0 Å². The van der Waals surface area contributed by atoms with Gasteiger partial charge in [-0.1, -0.05) is 30.3 Å². The molecule has 6 heteroatoms. The van der Waals surface area contributed by atoms with E-state index in [1.54, 1.807) is 60.5 Å². The molecule has 0 unspecified atom stereocenters. The first-order chi connectivity index (χ1) is 10.1. The van der Waals surface area contributed by atoms with Gasteiger partial charge in [-0.25, -0.2) is 4.79 Å². The maximum absolute atomic E-state index is 11.8. The van der Waals surface area contributed by atoms with Crippen molar-refractivity contribution in [2.75, 3.05) is 0 Å². The Bertz CT molecular complexity index is 662. The van der Waals surface area contributed by atoms with E-state index >= 15 is 0 Å². The summed E-state index contributed by atoms with van der Waals surface area (Å²) in [5.41, 5.74) is 1.28. The third-order valence-electron chi connectivity index (χ3n) is 2.82. The number of amides is 1. The van der Waals surface area contributed by atoms with E-state index < -0.39 is 17.9 Å². The summed E-state index contributed by atoms with van der Waals surface area (Å²) in [6.07, 6.45) is 6.22. The smallest absolute Gasteiger partial charge is 0.330 e. The number of rotatable bonds is 5. The summed E-state index contributed by atoms with van der Waals surface area (Å²) < 4.78 is 1.61. The lowest BCUT2D eigenvalue weighted by molar-refractivity contribution is -0.141. The van der Waals surface area contributed by atoms with Crippen LogP contribution in [0.3, 0.4) is 0 Å². The van der Waals surface area contributed by atoms with E-state index in [2.05, 4.69) is 10.4 Å². The Morgan fingerprint density at radius 2 is 2.05 bits per heavy atom. The monoisotopic (exact) mass is 285 g/mol. The third kappa shape index (κ3) is 4.04. The van der Waals surface area contributed by atoms with Gasteiger partial charge in [0, 0.05) is 24.9 Å². The zero-order chi connectivity index (χ0) is 15.2. The van der Waals surface area contributed by atoms with Gasteiger partial charge in [0.2, 0.25) is 5.91 Å². The Balaban J connectivity index is 2.05. The number of aryl methyl sites for hydroxylation is 1. The first-order valence-electron chi connectivity index (χ1n) is 6.31. The van der Waals surface area contributed by atoms with Gasteiger partial charge in [0.1, 0.15) is 0 Å². The number of aromatic nitrogens is 2. The quantitative estimate of drug-likeness (QED) is 0.813. The van der Waals surface area contributed by atoms with Crippen LogP contribution in [0.15, 0.2) is 48.8 Å². The van der Waals surface area contributed by atoms with Crippen molar-refractivity contribution in [2.24, 2.45) is 7.05 Å². The molecule has 1 atom stereocenters. The Labute approximate surface area is 121 Å². The van der Waals surface area contributed by atoms with Crippen molar-refractivity contribution < 1.29 is 14.7 Å². The summed E-state index contributed by atoms with van der Waals surface area (Å²) in [6, 6.07) is 7.48. The molecular weight excluding hydrogens is 270 g/mol. The van der Waals surface area contributed by atoms with Crippen LogP contribution in [0.1, 0.15) is 17.2 Å². The predicted octanol–water partition coefficient (Wildman–Crippen LogP) is 1.38. The molecule has 0 saturated heterocycles. The summed E-state index contributed by atoms with van der Waals surface area (Å²) >= 11 is 0. The lowest BCUT2D eigenvalue weighted by atomic mass is 10.1. The molecule has 1 heterocycles. The lowest BCUT2D eigenvalue weighted by Gasteiger charge is -2.13. The van der Waals surface area contributed by atoms with Gasteiger partial charge in [-0.15, -0.1) is 0 Å². The molecule has 0 radical (unpaired) electrons. The standard InChI is InChI=1S/C15H15N3O3/c1-18-10-11(9-16-18)7-8-13(19)17-14(15(20)21)12-5-3-2-4-6-12/h2-10,14H,1H3,(H,17,19)(H,20,21)/b8-7+/t14-/m0/s1. The predicted molar refractivity (Wildman–Crippen MR) is 77.2 cm³/mol. The Morgan fingerprint density at radius 3 is 2.62 bits per heavy atom. The second kappa shape index (κ2) is 6.51. The average molecular weight is 285 g/mol. The topological polar surface area (TPSA) is 84.2 Å². The van der Waals surface area contributed by atoms with Gasteiger partial charge in [-0.2, -0.15) is 5.10 Å². The van der Waals surface area contributed by atoms with Crippen molar-refractivity contribution >= 4 is 18.0 Å². The molecule has 2 aromatic rings.